The van der Waals surface area contributed by atoms with Crippen LogP contribution >= 0.6 is 25.3 Å². The second kappa shape index (κ2) is 19.8. The number of aliphatic carboxylic acids is 1. The van der Waals surface area contributed by atoms with E-state index in [-0.39, 0.29) is 30.4 Å². The standard InChI is InChI=1S/C23H43N9O8S2/c1-10(2)16(31-20(38)13(5-4-6-27-23(25)26)29-18(36)12(24)8-41)21(39)32-17(11(3)33)22(40)30-14(9-42)19(37)28-7-15(34)35/h10-14,16-17,33,41-42H,4-9,24H2,1-3H3,(H,28,37)(H,29,36)(H,30,40)(H,31,38)(H,32,39)(H,34,35)(H4,25,26,27). The smallest absolute Gasteiger partial charge is 0.322 e. The summed E-state index contributed by atoms with van der Waals surface area (Å²) < 4.78 is 0. The van der Waals surface area contributed by atoms with Gasteiger partial charge in [0.1, 0.15) is 30.7 Å². The van der Waals surface area contributed by atoms with Crippen molar-refractivity contribution in [1.82, 2.24) is 26.6 Å². The molecule has 5 amide bonds. The van der Waals surface area contributed by atoms with Gasteiger partial charge >= 0.3 is 5.97 Å². The van der Waals surface area contributed by atoms with Gasteiger partial charge in [0.15, 0.2) is 5.96 Å². The summed E-state index contributed by atoms with van der Waals surface area (Å²) in [4.78, 5) is 78.3. The fraction of sp³-hybridized carbons (Fsp3) is 0.696. The van der Waals surface area contributed by atoms with E-state index in [9.17, 15) is 33.9 Å². The van der Waals surface area contributed by atoms with E-state index >= 15 is 0 Å². The number of carboxylic acid groups (broad SMARTS) is 1. The highest BCUT2D eigenvalue weighted by Crippen LogP contribution is 2.07. The topological polar surface area (TPSA) is 293 Å². The third-order valence-electron chi connectivity index (χ3n) is 5.65. The lowest BCUT2D eigenvalue weighted by atomic mass is 10.0. The Morgan fingerprint density at radius 2 is 1.33 bits per heavy atom. The van der Waals surface area contributed by atoms with Gasteiger partial charge < -0.3 is 54.0 Å². The maximum absolute atomic E-state index is 13.2. The summed E-state index contributed by atoms with van der Waals surface area (Å²) in [5.41, 5.74) is 16.3. The van der Waals surface area contributed by atoms with E-state index in [4.69, 9.17) is 22.3 Å². The number of nitrogens with two attached hydrogens (primary N) is 3. The SMILES string of the molecule is CC(C)C(NC(=O)C(CCCN=C(N)N)NC(=O)C(N)CS)C(=O)NC(C(=O)NC(CS)C(=O)NCC(=O)O)C(C)O. The van der Waals surface area contributed by atoms with Crippen molar-refractivity contribution < 1.29 is 39.0 Å². The Hall–Kier alpha value is -3.29. The second-order valence-electron chi connectivity index (χ2n) is 9.61. The molecule has 0 bridgehead atoms. The molecule has 0 aromatic rings. The molecule has 0 aliphatic heterocycles. The van der Waals surface area contributed by atoms with Crippen molar-refractivity contribution in [2.45, 2.75) is 69.9 Å². The third-order valence-corrected chi connectivity index (χ3v) is 6.41. The minimum absolute atomic E-state index is 0.0172. The molecule has 0 aromatic heterocycles. The molecule has 0 spiro atoms. The molecule has 240 valence electrons. The number of guanidine groups is 1. The molecule has 19 heteroatoms. The van der Waals surface area contributed by atoms with Crippen LogP contribution in [0.15, 0.2) is 4.99 Å². The Bertz CT molecular complexity index is 980. The molecule has 42 heavy (non-hydrogen) atoms. The summed E-state index contributed by atoms with van der Waals surface area (Å²) in [6.45, 7) is 3.94. The molecule has 0 saturated carbocycles. The maximum Gasteiger partial charge on any atom is 0.322 e. The molecule has 6 unspecified atom stereocenters. The normalized spacial score (nSPS) is 15.1. The number of carboxylic acids is 1. The zero-order valence-corrected chi connectivity index (χ0v) is 25.5. The summed E-state index contributed by atoms with van der Waals surface area (Å²) in [5, 5.41) is 30.8. The number of amides is 5. The van der Waals surface area contributed by atoms with E-state index in [2.05, 4.69) is 56.8 Å². The van der Waals surface area contributed by atoms with Gasteiger partial charge in [0, 0.05) is 18.1 Å². The van der Waals surface area contributed by atoms with Crippen LogP contribution in [0.4, 0.5) is 0 Å². The van der Waals surface area contributed by atoms with Crippen molar-refractivity contribution in [2.75, 3.05) is 24.6 Å². The van der Waals surface area contributed by atoms with Gasteiger partial charge in [-0.3, -0.25) is 33.8 Å². The number of nitrogens with zero attached hydrogens (tertiary/aromatic N) is 1. The van der Waals surface area contributed by atoms with E-state index in [1.807, 2.05) is 0 Å². The molecule has 0 aromatic carbocycles. The van der Waals surface area contributed by atoms with E-state index in [1.165, 1.54) is 6.92 Å². The first kappa shape index (κ1) is 38.7. The molecular formula is C23H43N9O8S2. The Balaban J connectivity index is 5.70. The van der Waals surface area contributed by atoms with Crippen LogP contribution in [0.5, 0.6) is 0 Å². The van der Waals surface area contributed by atoms with Crippen molar-refractivity contribution >= 4 is 66.7 Å². The van der Waals surface area contributed by atoms with Crippen molar-refractivity contribution in [2.24, 2.45) is 28.1 Å². The zero-order chi connectivity index (χ0) is 32.6. The van der Waals surface area contributed by atoms with Gasteiger partial charge in [0.05, 0.1) is 12.1 Å². The average molecular weight is 638 g/mol. The summed E-state index contributed by atoms with van der Waals surface area (Å²) in [6.07, 6.45) is -1.06. The lowest BCUT2D eigenvalue weighted by molar-refractivity contribution is -0.138. The van der Waals surface area contributed by atoms with Crippen LogP contribution in [0.25, 0.3) is 0 Å². The lowest BCUT2D eigenvalue weighted by Crippen LogP contribution is -2.62. The minimum Gasteiger partial charge on any atom is -0.480 e. The Morgan fingerprint density at radius 3 is 1.81 bits per heavy atom. The predicted octanol–water partition coefficient (Wildman–Crippen LogP) is -4.60. The number of aliphatic hydroxyl groups is 1. The molecule has 0 fully saturated rings. The highest BCUT2D eigenvalue weighted by atomic mass is 32.1. The van der Waals surface area contributed by atoms with Gasteiger partial charge in [-0.05, 0) is 25.7 Å². The van der Waals surface area contributed by atoms with Crippen molar-refractivity contribution in [3.05, 3.63) is 0 Å². The zero-order valence-electron chi connectivity index (χ0n) is 23.7. The minimum atomic E-state index is -1.56. The number of thiol groups is 2. The molecule has 0 saturated heterocycles. The second-order valence-corrected chi connectivity index (χ2v) is 10.3. The first-order valence-electron chi connectivity index (χ1n) is 13.0. The van der Waals surface area contributed by atoms with Crippen LogP contribution in [0, 0.1) is 5.92 Å². The van der Waals surface area contributed by atoms with Crippen LogP contribution in [0.2, 0.25) is 0 Å². The van der Waals surface area contributed by atoms with Crippen LogP contribution in [-0.2, 0) is 28.8 Å². The predicted molar refractivity (Wildman–Crippen MR) is 160 cm³/mol. The van der Waals surface area contributed by atoms with Gasteiger partial charge in [-0.2, -0.15) is 25.3 Å². The monoisotopic (exact) mass is 637 g/mol. The molecule has 0 radical (unpaired) electrons. The Labute approximate surface area is 254 Å². The Kier molecular flexibility index (Phi) is 18.2. The molecule has 0 heterocycles. The van der Waals surface area contributed by atoms with Gasteiger partial charge in [0.25, 0.3) is 0 Å². The van der Waals surface area contributed by atoms with E-state index in [1.54, 1.807) is 13.8 Å². The van der Waals surface area contributed by atoms with Gasteiger partial charge in [-0.1, -0.05) is 13.8 Å². The summed E-state index contributed by atoms with van der Waals surface area (Å²) in [5.74, 6) is -6.16. The molecule has 0 aliphatic rings. The highest BCUT2D eigenvalue weighted by molar-refractivity contribution is 7.80. The first-order chi connectivity index (χ1) is 19.5. The lowest BCUT2D eigenvalue weighted by Gasteiger charge is -2.29. The molecule has 17 nitrogen and oxygen atoms in total. The van der Waals surface area contributed by atoms with Crippen LogP contribution in [0.1, 0.15) is 33.6 Å². The summed E-state index contributed by atoms with van der Waals surface area (Å²) in [6, 6.07) is -6.17. The van der Waals surface area contributed by atoms with Crippen LogP contribution < -0.4 is 43.8 Å². The fourth-order valence-electron chi connectivity index (χ4n) is 3.31. The van der Waals surface area contributed by atoms with E-state index < -0.39 is 84.3 Å². The Morgan fingerprint density at radius 1 is 0.786 bits per heavy atom. The van der Waals surface area contributed by atoms with Crippen molar-refractivity contribution in [1.29, 1.82) is 0 Å². The third kappa shape index (κ3) is 14.6. The number of nitrogens with one attached hydrogen (secondary N) is 5. The first-order valence-corrected chi connectivity index (χ1v) is 14.2. The summed E-state index contributed by atoms with van der Waals surface area (Å²) >= 11 is 7.96. The van der Waals surface area contributed by atoms with Crippen molar-refractivity contribution in [3.63, 3.8) is 0 Å². The molecule has 6 atom stereocenters. The number of hydrogen-bond acceptors (Lipinski definition) is 11. The maximum atomic E-state index is 13.2. The van der Waals surface area contributed by atoms with E-state index in [0.717, 1.165) is 0 Å². The summed E-state index contributed by atoms with van der Waals surface area (Å²) in [7, 11) is 0. The van der Waals surface area contributed by atoms with Crippen molar-refractivity contribution in [3.8, 4) is 0 Å². The molecule has 0 rings (SSSR count). The number of carbonyl (C=O) groups is 6. The number of aliphatic imine (C=N–C) groups is 1. The van der Waals surface area contributed by atoms with Gasteiger partial charge in [-0.15, -0.1) is 0 Å². The molecular weight excluding hydrogens is 594 g/mol. The largest absolute Gasteiger partial charge is 0.480 e. The number of hydrogen-bond donors (Lipinski definition) is 12. The average Bonchev–Trinajstić information content (AvgIpc) is 2.91. The number of aliphatic hydroxyl groups excluding tert-OH is 1. The van der Waals surface area contributed by atoms with Gasteiger partial charge in [-0.25, -0.2) is 0 Å². The van der Waals surface area contributed by atoms with Gasteiger partial charge in [0.2, 0.25) is 29.5 Å². The highest BCUT2D eigenvalue weighted by Gasteiger charge is 2.34. The molecule has 13 N–H and O–H groups in total. The number of carbonyl (C=O) groups excluding carboxylic acids is 5. The van der Waals surface area contributed by atoms with E-state index in [0.29, 0.717) is 6.42 Å². The quantitative estimate of drug-likeness (QED) is 0.0277. The number of rotatable bonds is 19. The van der Waals surface area contributed by atoms with Crippen LogP contribution in [-0.4, -0.2) is 113 Å². The fourth-order valence-corrected chi connectivity index (χ4v) is 3.74. The van der Waals surface area contributed by atoms with Crippen LogP contribution in [0.3, 0.4) is 0 Å². The molecule has 0 aliphatic carbocycles.